The molecule has 0 saturated heterocycles. The van der Waals surface area contributed by atoms with Crippen LogP contribution in [-0.4, -0.2) is 5.38 Å². The van der Waals surface area contributed by atoms with E-state index in [1.165, 1.54) is 18.9 Å². The van der Waals surface area contributed by atoms with Gasteiger partial charge in [0.25, 0.3) is 0 Å². The van der Waals surface area contributed by atoms with Gasteiger partial charge < -0.3 is 0 Å². The van der Waals surface area contributed by atoms with Crippen molar-refractivity contribution in [1.29, 1.82) is 0 Å². The number of benzene rings is 1. The highest BCUT2D eigenvalue weighted by atomic mass is 35.5. The van der Waals surface area contributed by atoms with Crippen molar-refractivity contribution in [3.05, 3.63) is 34.6 Å². The molecular formula is C13H15Cl2F. The maximum atomic E-state index is 13.3. The Kier molecular flexibility index (Phi) is 4.10. The highest BCUT2D eigenvalue weighted by Gasteiger charge is 2.21. The molecule has 3 heteroatoms. The number of halogens is 3. The molecule has 2 unspecified atom stereocenters. The SMILES string of the molecule is Fc1cccc(CC2CCCC(Cl)C2)c1Cl. The average molecular weight is 261 g/mol. The molecule has 0 spiro atoms. The molecule has 1 fully saturated rings. The fraction of sp³-hybridized carbons (Fsp3) is 0.538. The molecular weight excluding hydrogens is 246 g/mol. The molecule has 16 heavy (non-hydrogen) atoms. The van der Waals surface area contributed by atoms with Crippen molar-refractivity contribution in [3.8, 4) is 0 Å². The third-order valence-electron chi connectivity index (χ3n) is 3.26. The van der Waals surface area contributed by atoms with Crippen molar-refractivity contribution < 1.29 is 4.39 Å². The highest BCUT2D eigenvalue weighted by Crippen LogP contribution is 2.32. The smallest absolute Gasteiger partial charge is 0.142 e. The van der Waals surface area contributed by atoms with Gasteiger partial charge in [-0.3, -0.25) is 0 Å². The number of rotatable bonds is 2. The van der Waals surface area contributed by atoms with Gasteiger partial charge in [-0.1, -0.05) is 36.6 Å². The van der Waals surface area contributed by atoms with E-state index in [1.807, 2.05) is 6.07 Å². The Balaban J connectivity index is 2.05. The van der Waals surface area contributed by atoms with Crippen LogP contribution in [0.15, 0.2) is 18.2 Å². The molecule has 1 aromatic rings. The second kappa shape index (κ2) is 5.37. The predicted octanol–water partition coefficient (Wildman–Crippen LogP) is 4.82. The molecule has 0 aliphatic heterocycles. The van der Waals surface area contributed by atoms with Gasteiger partial charge in [0, 0.05) is 5.38 Å². The van der Waals surface area contributed by atoms with Gasteiger partial charge in [-0.2, -0.15) is 0 Å². The molecule has 2 atom stereocenters. The van der Waals surface area contributed by atoms with Crippen LogP contribution in [0.25, 0.3) is 0 Å². The first-order chi connectivity index (χ1) is 7.66. The lowest BCUT2D eigenvalue weighted by atomic mass is 9.84. The molecule has 0 N–H and O–H groups in total. The Morgan fingerprint density at radius 1 is 1.31 bits per heavy atom. The number of alkyl halides is 1. The molecule has 0 bridgehead atoms. The zero-order valence-corrected chi connectivity index (χ0v) is 10.6. The van der Waals surface area contributed by atoms with Crippen molar-refractivity contribution in [2.75, 3.05) is 0 Å². The molecule has 1 aliphatic rings. The zero-order chi connectivity index (χ0) is 11.5. The van der Waals surface area contributed by atoms with Crippen LogP contribution in [0.5, 0.6) is 0 Å². The van der Waals surface area contributed by atoms with E-state index in [-0.39, 0.29) is 16.2 Å². The molecule has 1 aliphatic carbocycles. The van der Waals surface area contributed by atoms with E-state index in [0.29, 0.717) is 5.92 Å². The number of hydrogen-bond donors (Lipinski definition) is 0. The maximum Gasteiger partial charge on any atom is 0.142 e. The van der Waals surface area contributed by atoms with Gasteiger partial charge in [-0.15, -0.1) is 11.6 Å². The Morgan fingerprint density at radius 2 is 2.12 bits per heavy atom. The lowest BCUT2D eigenvalue weighted by Crippen LogP contribution is -2.17. The minimum atomic E-state index is -0.322. The van der Waals surface area contributed by atoms with E-state index in [2.05, 4.69) is 0 Å². The normalized spacial score (nSPS) is 25.7. The van der Waals surface area contributed by atoms with Crippen molar-refractivity contribution in [1.82, 2.24) is 0 Å². The fourth-order valence-corrected chi connectivity index (χ4v) is 3.04. The number of hydrogen-bond acceptors (Lipinski definition) is 0. The quantitative estimate of drug-likeness (QED) is 0.669. The summed E-state index contributed by atoms with van der Waals surface area (Å²) < 4.78 is 13.3. The van der Waals surface area contributed by atoms with Crippen molar-refractivity contribution in [3.63, 3.8) is 0 Å². The first-order valence-corrected chi connectivity index (χ1v) is 6.55. The minimum absolute atomic E-state index is 0.277. The molecule has 88 valence electrons. The van der Waals surface area contributed by atoms with Crippen LogP contribution < -0.4 is 0 Å². The third-order valence-corrected chi connectivity index (χ3v) is 4.08. The van der Waals surface area contributed by atoms with E-state index in [9.17, 15) is 4.39 Å². The second-order valence-electron chi connectivity index (χ2n) is 4.55. The van der Waals surface area contributed by atoms with Crippen LogP contribution in [0.1, 0.15) is 31.2 Å². The van der Waals surface area contributed by atoms with Crippen LogP contribution in [0.4, 0.5) is 4.39 Å². The van der Waals surface area contributed by atoms with Gasteiger partial charge in [-0.25, -0.2) is 4.39 Å². The molecule has 0 radical (unpaired) electrons. The van der Waals surface area contributed by atoms with Gasteiger partial charge >= 0.3 is 0 Å². The summed E-state index contributed by atoms with van der Waals surface area (Å²) in [6.45, 7) is 0. The summed E-state index contributed by atoms with van der Waals surface area (Å²) in [7, 11) is 0. The van der Waals surface area contributed by atoms with Gasteiger partial charge in [0.05, 0.1) is 5.02 Å². The molecule has 0 amide bonds. The average Bonchev–Trinajstić information content (AvgIpc) is 2.25. The summed E-state index contributed by atoms with van der Waals surface area (Å²) in [5.74, 6) is 0.230. The van der Waals surface area contributed by atoms with E-state index in [4.69, 9.17) is 23.2 Å². The molecule has 0 heterocycles. The van der Waals surface area contributed by atoms with Gasteiger partial charge in [0.15, 0.2) is 0 Å². The Hall–Kier alpha value is -0.270. The molecule has 1 saturated carbocycles. The molecule has 2 rings (SSSR count). The van der Waals surface area contributed by atoms with Gasteiger partial charge in [0.2, 0.25) is 0 Å². The van der Waals surface area contributed by atoms with E-state index in [0.717, 1.165) is 24.8 Å². The predicted molar refractivity (Wildman–Crippen MR) is 66.7 cm³/mol. The Labute approximate surface area is 106 Å². The van der Waals surface area contributed by atoms with Crippen molar-refractivity contribution >= 4 is 23.2 Å². The van der Waals surface area contributed by atoms with Crippen LogP contribution >= 0.6 is 23.2 Å². The van der Waals surface area contributed by atoms with E-state index in [1.54, 1.807) is 6.07 Å². The molecule has 0 nitrogen and oxygen atoms in total. The van der Waals surface area contributed by atoms with Crippen LogP contribution in [-0.2, 0) is 6.42 Å². The maximum absolute atomic E-state index is 13.3. The second-order valence-corrected chi connectivity index (χ2v) is 5.54. The summed E-state index contributed by atoms with van der Waals surface area (Å²) >= 11 is 12.1. The van der Waals surface area contributed by atoms with E-state index >= 15 is 0 Å². The first kappa shape index (κ1) is 12.2. The summed E-state index contributed by atoms with van der Waals surface area (Å²) in [6, 6.07) is 5.03. The van der Waals surface area contributed by atoms with Gasteiger partial charge in [0.1, 0.15) is 5.82 Å². The Morgan fingerprint density at radius 3 is 2.88 bits per heavy atom. The standard InChI is InChI=1S/C13H15Cl2F/c14-11-5-1-3-9(8-11)7-10-4-2-6-12(16)13(10)15/h2,4,6,9,11H,1,3,5,7-8H2. The highest BCUT2D eigenvalue weighted by molar-refractivity contribution is 6.31. The summed E-state index contributed by atoms with van der Waals surface area (Å²) in [4.78, 5) is 0. The lowest BCUT2D eigenvalue weighted by Gasteiger charge is -2.25. The topological polar surface area (TPSA) is 0 Å². The fourth-order valence-electron chi connectivity index (χ4n) is 2.43. The largest absolute Gasteiger partial charge is 0.205 e. The van der Waals surface area contributed by atoms with Crippen LogP contribution in [0.3, 0.4) is 0 Å². The summed E-state index contributed by atoms with van der Waals surface area (Å²) in [5, 5.41) is 0.560. The summed E-state index contributed by atoms with van der Waals surface area (Å²) in [6.07, 6.45) is 5.32. The zero-order valence-electron chi connectivity index (χ0n) is 9.06. The van der Waals surface area contributed by atoms with E-state index < -0.39 is 0 Å². The third kappa shape index (κ3) is 2.89. The van der Waals surface area contributed by atoms with Gasteiger partial charge in [-0.05, 0) is 36.8 Å². The van der Waals surface area contributed by atoms with Crippen molar-refractivity contribution in [2.24, 2.45) is 5.92 Å². The van der Waals surface area contributed by atoms with Crippen LogP contribution in [0.2, 0.25) is 5.02 Å². The Bertz CT molecular complexity index is 365. The monoisotopic (exact) mass is 260 g/mol. The molecule has 1 aromatic carbocycles. The molecule has 0 aromatic heterocycles. The van der Waals surface area contributed by atoms with Crippen LogP contribution in [0, 0.1) is 11.7 Å². The summed E-state index contributed by atoms with van der Waals surface area (Å²) in [5.41, 5.74) is 0.914. The minimum Gasteiger partial charge on any atom is -0.205 e. The first-order valence-electron chi connectivity index (χ1n) is 5.73. The lowest BCUT2D eigenvalue weighted by molar-refractivity contribution is 0.361. The van der Waals surface area contributed by atoms with Crippen molar-refractivity contribution in [2.45, 2.75) is 37.5 Å².